The van der Waals surface area contributed by atoms with Crippen LogP contribution in [-0.4, -0.2) is 11.1 Å². The summed E-state index contributed by atoms with van der Waals surface area (Å²) in [5.74, 6) is -0.541. The lowest BCUT2D eigenvalue weighted by Crippen LogP contribution is -2.17. The molecular weight excluding hydrogens is 266 g/mol. The molecule has 2 aromatic rings. The Kier molecular flexibility index (Phi) is 3.52. The van der Waals surface area contributed by atoms with E-state index in [4.69, 9.17) is 10.5 Å². The second-order valence-electron chi connectivity index (χ2n) is 5.26. The number of fused-ring (bicyclic) bond motifs is 1. The first-order valence-electron chi connectivity index (χ1n) is 7.02. The van der Waals surface area contributed by atoms with Gasteiger partial charge in [0.1, 0.15) is 11.9 Å². The normalized spacial score (nSPS) is 17.0. The molecule has 0 spiro atoms. The molecule has 0 saturated heterocycles. The van der Waals surface area contributed by atoms with Crippen molar-refractivity contribution in [1.82, 2.24) is 0 Å². The fraction of sp³-hybridized carbons (Fsp3) is 0.235. The van der Waals surface area contributed by atoms with Gasteiger partial charge in [-0.1, -0.05) is 24.3 Å². The molecule has 3 rings (SSSR count). The van der Waals surface area contributed by atoms with E-state index in [-0.39, 0.29) is 17.5 Å². The van der Waals surface area contributed by atoms with Crippen LogP contribution in [0.25, 0.3) is 0 Å². The number of carbonyl (C=O) groups is 1. The number of hydrogen-bond donors (Lipinski definition) is 2. The first-order valence-corrected chi connectivity index (χ1v) is 7.02. The molecular formula is C17H17NO3. The van der Waals surface area contributed by atoms with Crippen molar-refractivity contribution in [3.8, 4) is 5.75 Å². The number of anilines is 1. The van der Waals surface area contributed by atoms with Gasteiger partial charge in [-0.3, -0.25) is 0 Å². The van der Waals surface area contributed by atoms with Gasteiger partial charge in [0.25, 0.3) is 0 Å². The molecule has 1 aliphatic rings. The largest absolute Gasteiger partial charge is 0.506 e. The maximum Gasteiger partial charge on any atom is 0.338 e. The molecule has 108 valence electrons. The number of benzene rings is 2. The minimum atomic E-state index is -0.438. The van der Waals surface area contributed by atoms with E-state index < -0.39 is 5.97 Å². The van der Waals surface area contributed by atoms with Crippen LogP contribution in [0.2, 0.25) is 0 Å². The number of nitrogen functional groups attached to an aromatic ring is 1. The molecule has 0 fully saturated rings. The van der Waals surface area contributed by atoms with Gasteiger partial charge in [0.15, 0.2) is 0 Å². The van der Waals surface area contributed by atoms with Gasteiger partial charge >= 0.3 is 5.97 Å². The monoisotopic (exact) mass is 283 g/mol. The first-order chi connectivity index (χ1) is 10.1. The Labute approximate surface area is 123 Å². The number of nitrogens with two attached hydrogens (primary N) is 1. The van der Waals surface area contributed by atoms with Gasteiger partial charge in [0.05, 0.1) is 11.3 Å². The smallest absolute Gasteiger partial charge is 0.338 e. The Morgan fingerprint density at radius 1 is 1.24 bits per heavy atom. The van der Waals surface area contributed by atoms with Crippen molar-refractivity contribution >= 4 is 11.7 Å². The number of aryl methyl sites for hydroxylation is 1. The van der Waals surface area contributed by atoms with Crippen LogP contribution in [0.15, 0.2) is 42.5 Å². The van der Waals surface area contributed by atoms with Crippen molar-refractivity contribution in [2.75, 3.05) is 5.73 Å². The highest BCUT2D eigenvalue weighted by molar-refractivity contribution is 5.90. The summed E-state index contributed by atoms with van der Waals surface area (Å²) in [6.07, 6.45) is 2.63. The lowest BCUT2D eigenvalue weighted by atomic mass is 9.89. The third-order valence-corrected chi connectivity index (χ3v) is 3.83. The van der Waals surface area contributed by atoms with E-state index in [1.165, 1.54) is 17.7 Å². The molecule has 0 amide bonds. The van der Waals surface area contributed by atoms with Crippen molar-refractivity contribution in [2.24, 2.45) is 0 Å². The van der Waals surface area contributed by atoms with E-state index in [0.717, 1.165) is 24.8 Å². The van der Waals surface area contributed by atoms with Crippen LogP contribution in [0, 0.1) is 0 Å². The highest BCUT2D eigenvalue weighted by Gasteiger charge is 2.24. The van der Waals surface area contributed by atoms with Gasteiger partial charge in [-0.05, 0) is 48.6 Å². The Bertz CT molecular complexity index is 681. The number of rotatable bonds is 2. The van der Waals surface area contributed by atoms with E-state index in [9.17, 15) is 9.90 Å². The van der Waals surface area contributed by atoms with Crippen LogP contribution in [0.1, 0.15) is 40.4 Å². The molecule has 21 heavy (non-hydrogen) atoms. The van der Waals surface area contributed by atoms with E-state index in [2.05, 4.69) is 6.07 Å². The van der Waals surface area contributed by atoms with E-state index >= 15 is 0 Å². The SMILES string of the molecule is Nc1ccc(C(=O)OC2CCCc3ccccc32)cc1O. The summed E-state index contributed by atoms with van der Waals surface area (Å²) < 4.78 is 5.61. The van der Waals surface area contributed by atoms with Crippen LogP contribution in [-0.2, 0) is 11.2 Å². The Balaban J connectivity index is 1.81. The lowest BCUT2D eigenvalue weighted by Gasteiger charge is -2.25. The number of carbonyl (C=O) groups excluding carboxylic acids is 1. The van der Waals surface area contributed by atoms with E-state index in [0.29, 0.717) is 5.56 Å². The van der Waals surface area contributed by atoms with Gasteiger partial charge in [-0.25, -0.2) is 4.79 Å². The van der Waals surface area contributed by atoms with Crippen LogP contribution in [0.3, 0.4) is 0 Å². The quantitative estimate of drug-likeness (QED) is 0.504. The van der Waals surface area contributed by atoms with Gasteiger partial charge < -0.3 is 15.6 Å². The third-order valence-electron chi connectivity index (χ3n) is 3.83. The van der Waals surface area contributed by atoms with Crippen LogP contribution in [0.4, 0.5) is 5.69 Å². The van der Waals surface area contributed by atoms with Crippen LogP contribution < -0.4 is 5.73 Å². The zero-order chi connectivity index (χ0) is 14.8. The molecule has 0 bridgehead atoms. The molecule has 3 N–H and O–H groups in total. The average molecular weight is 283 g/mol. The number of phenolic OH excluding ortho intramolecular Hbond substituents is 1. The topological polar surface area (TPSA) is 72.6 Å². The summed E-state index contributed by atoms with van der Waals surface area (Å²) in [5, 5.41) is 9.58. The second kappa shape index (κ2) is 5.48. The highest BCUT2D eigenvalue weighted by atomic mass is 16.5. The maximum atomic E-state index is 12.2. The number of esters is 1. The summed E-state index contributed by atoms with van der Waals surface area (Å²) in [7, 11) is 0. The molecule has 1 unspecified atom stereocenters. The predicted molar refractivity (Wildman–Crippen MR) is 80.1 cm³/mol. The molecule has 2 aromatic carbocycles. The van der Waals surface area contributed by atoms with Gasteiger partial charge in [0.2, 0.25) is 0 Å². The Morgan fingerprint density at radius 2 is 2.05 bits per heavy atom. The molecule has 0 heterocycles. The minimum absolute atomic E-state index is 0.103. The molecule has 4 nitrogen and oxygen atoms in total. The molecule has 1 aliphatic carbocycles. The Hall–Kier alpha value is -2.49. The summed E-state index contributed by atoms with van der Waals surface area (Å²) in [4.78, 5) is 12.2. The molecule has 0 aromatic heterocycles. The zero-order valence-corrected chi connectivity index (χ0v) is 11.6. The number of ether oxygens (including phenoxy) is 1. The second-order valence-corrected chi connectivity index (χ2v) is 5.26. The number of aromatic hydroxyl groups is 1. The minimum Gasteiger partial charge on any atom is -0.506 e. The van der Waals surface area contributed by atoms with E-state index in [1.807, 2.05) is 18.2 Å². The zero-order valence-electron chi connectivity index (χ0n) is 11.6. The molecule has 1 atom stereocenters. The third kappa shape index (κ3) is 2.70. The summed E-state index contributed by atoms with van der Waals surface area (Å²) in [5.41, 5.74) is 8.41. The molecule has 0 radical (unpaired) electrons. The lowest BCUT2D eigenvalue weighted by molar-refractivity contribution is 0.0256. The summed E-state index contributed by atoms with van der Waals surface area (Å²) in [6.45, 7) is 0. The van der Waals surface area contributed by atoms with Crippen molar-refractivity contribution in [3.63, 3.8) is 0 Å². The average Bonchev–Trinajstić information content (AvgIpc) is 2.50. The first kappa shape index (κ1) is 13.5. The molecule has 0 aliphatic heterocycles. The maximum absolute atomic E-state index is 12.2. The van der Waals surface area contributed by atoms with Gasteiger partial charge in [-0.2, -0.15) is 0 Å². The fourth-order valence-corrected chi connectivity index (χ4v) is 2.70. The number of hydrogen-bond acceptors (Lipinski definition) is 4. The van der Waals surface area contributed by atoms with Gasteiger partial charge in [0, 0.05) is 0 Å². The molecule has 4 heteroatoms. The van der Waals surface area contributed by atoms with Crippen LogP contribution in [0.5, 0.6) is 5.75 Å². The van der Waals surface area contributed by atoms with Crippen LogP contribution >= 0.6 is 0 Å². The fourth-order valence-electron chi connectivity index (χ4n) is 2.70. The summed E-state index contributed by atoms with van der Waals surface area (Å²) in [6, 6.07) is 12.4. The van der Waals surface area contributed by atoms with Crippen molar-refractivity contribution in [3.05, 3.63) is 59.2 Å². The highest BCUT2D eigenvalue weighted by Crippen LogP contribution is 2.33. The van der Waals surface area contributed by atoms with Crippen molar-refractivity contribution < 1.29 is 14.6 Å². The van der Waals surface area contributed by atoms with Gasteiger partial charge in [-0.15, -0.1) is 0 Å². The predicted octanol–water partition coefficient (Wildman–Crippen LogP) is 3.21. The Morgan fingerprint density at radius 3 is 2.86 bits per heavy atom. The standard InChI is InChI=1S/C17H17NO3/c18-14-9-8-12(10-15(14)19)17(20)21-16-7-3-5-11-4-1-2-6-13(11)16/h1-2,4,6,8-10,16,19H,3,5,7,18H2. The van der Waals surface area contributed by atoms with E-state index in [1.54, 1.807) is 6.07 Å². The number of phenols is 1. The molecule has 0 saturated carbocycles. The summed E-state index contributed by atoms with van der Waals surface area (Å²) >= 11 is 0. The van der Waals surface area contributed by atoms with Crippen molar-refractivity contribution in [2.45, 2.75) is 25.4 Å². The van der Waals surface area contributed by atoms with Crippen molar-refractivity contribution in [1.29, 1.82) is 0 Å².